The van der Waals surface area contributed by atoms with Crippen molar-refractivity contribution in [2.75, 3.05) is 4.90 Å². The Balaban J connectivity index is 2.46. The van der Waals surface area contributed by atoms with Crippen LogP contribution in [0.4, 0.5) is 11.4 Å². The van der Waals surface area contributed by atoms with Crippen molar-refractivity contribution in [1.29, 1.82) is 0 Å². The van der Waals surface area contributed by atoms with Crippen molar-refractivity contribution in [2.45, 2.75) is 0 Å². The third-order valence-electron chi connectivity index (χ3n) is 1.46. The van der Waals surface area contributed by atoms with E-state index in [0.717, 1.165) is 17.8 Å². The van der Waals surface area contributed by atoms with Crippen molar-refractivity contribution in [3.05, 3.63) is 24.3 Å². The van der Waals surface area contributed by atoms with Crippen LogP contribution in [0.3, 0.4) is 0 Å². The van der Waals surface area contributed by atoms with Crippen molar-refractivity contribution in [3.8, 4) is 0 Å². The Morgan fingerprint density at radius 3 is 2.22 bits per heavy atom. The highest BCUT2D eigenvalue weighted by molar-refractivity contribution is 6.07. The van der Waals surface area contributed by atoms with Crippen LogP contribution in [0.25, 0.3) is 0 Å². The molecule has 0 saturated carbocycles. The molecule has 1 aromatic carbocycles. The van der Waals surface area contributed by atoms with E-state index in [1.54, 1.807) is 4.90 Å². The standard InChI is InChI=1S/C7H5NO/c9-5-8-6-3-1-2-4-7(6)8/h1-5H. The number of hydrogen-bond donors (Lipinski definition) is 0. The molecule has 1 amide bonds. The van der Waals surface area contributed by atoms with E-state index in [2.05, 4.69) is 0 Å². The number of nitrogens with zero attached hydrogens (tertiary/aromatic N) is 1. The fraction of sp³-hybridized carbons (Fsp3) is 0. The molecule has 1 aliphatic rings. The Hall–Kier alpha value is -1.31. The van der Waals surface area contributed by atoms with Crippen LogP contribution in [0.2, 0.25) is 0 Å². The molecular weight excluding hydrogens is 114 g/mol. The highest BCUT2D eigenvalue weighted by atomic mass is 16.1. The number of amides is 1. The molecule has 2 heteroatoms. The van der Waals surface area contributed by atoms with Crippen molar-refractivity contribution in [2.24, 2.45) is 0 Å². The summed E-state index contributed by atoms with van der Waals surface area (Å²) in [6, 6.07) is 7.68. The zero-order chi connectivity index (χ0) is 6.27. The number of para-hydroxylation sites is 2. The van der Waals surface area contributed by atoms with Gasteiger partial charge in [-0.15, -0.1) is 0 Å². The summed E-state index contributed by atoms with van der Waals surface area (Å²) < 4.78 is 0. The van der Waals surface area contributed by atoms with Gasteiger partial charge < -0.3 is 0 Å². The van der Waals surface area contributed by atoms with Gasteiger partial charge in [0, 0.05) is 0 Å². The molecule has 0 spiro atoms. The summed E-state index contributed by atoms with van der Waals surface area (Å²) in [5, 5.41) is 0. The maximum atomic E-state index is 10.2. The fourth-order valence-electron chi connectivity index (χ4n) is 0.944. The molecule has 0 bridgehead atoms. The van der Waals surface area contributed by atoms with E-state index >= 15 is 0 Å². The van der Waals surface area contributed by atoms with Gasteiger partial charge in [0.2, 0.25) is 6.41 Å². The van der Waals surface area contributed by atoms with E-state index in [0.29, 0.717) is 0 Å². The molecule has 2 nitrogen and oxygen atoms in total. The number of rotatable bonds is 1. The second-order valence-corrected chi connectivity index (χ2v) is 1.96. The molecule has 0 aromatic heterocycles. The van der Waals surface area contributed by atoms with Crippen LogP contribution >= 0.6 is 0 Å². The Morgan fingerprint density at radius 2 is 1.78 bits per heavy atom. The number of benzene rings is 1. The zero-order valence-corrected chi connectivity index (χ0v) is 4.74. The van der Waals surface area contributed by atoms with E-state index in [1.165, 1.54) is 0 Å². The molecule has 0 N–H and O–H groups in total. The molecule has 2 rings (SSSR count). The molecule has 0 saturated heterocycles. The van der Waals surface area contributed by atoms with Gasteiger partial charge in [0.1, 0.15) is 0 Å². The molecule has 9 heavy (non-hydrogen) atoms. The molecule has 0 radical (unpaired) electrons. The van der Waals surface area contributed by atoms with Crippen LogP contribution in [0.15, 0.2) is 24.3 Å². The first-order chi connectivity index (χ1) is 4.43. The average Bonchev–Trinajstić information content (AvgIpc) is 2.60. The smallest absolute Gasteiger partial charge is 0.218 e. The predicted molar refractivity (Wildman–Crippen MR) is 34.6 cm³/mol. The van der Waals surface area contributed by atoms with Gasteiger partial charge in [0.15, 0.2) is 0 Å². The van der Waals surface area contributed by atoms with Crippen molar-refractivity contribution < 1.29 is 4.79 Å². The second kappa shape index (κ2) is 1.35. The maximum absolute atomic E-state index is 10.2. The summed E-state index contributed by atoms with van der Waals surface area (Å²) in [6.45, 7) is 0. The lowest BCUT2D eigenvalue weighted by atomic mass is 10.4. The predicted octanol–water partition coefficient (Wildman–Crippen LogP) is 1.29. The molecule has 0 aliphatic carbocycles. The first-order valence-electron chi connectivity index (χ1n) is 2.77. The Kier molecular flexibility index (Phi) is 0.681. The van der Waals surface area contributed by atoms with E-state index in [9.17, 15) is 4.79 Å². The van der Waals surface area contributed by atoms with Crippen molar-refractivity contribution in [1.82, 2.24) is 0 Å². The number of carbonyl (C=O) groups is 1. The largest absolute Gasteiger partial charge is 0.279 e. The van der Waals surface area contributed by atoms with Gasteiger partial charge in [0.05, 0.1) is 11.4 Å². The Labute approximate surface area is 52.7 Å². The van der Waals surface area contributed by atoms with E-state index in [4.69, 9.17) is 0 Å². The number of hydrogen-bond acceptors (Lipinski definition) is 1. The molecular formula is C7H5NO. The van der Waals surface area contributed by atoms with Crippen molar-refractivity contribution in [3.63, 3.8) is 0 Å². The van der Waals surface area contributed by atoms with Gasteiger partial charge in [-0.05, 0) is 12.1 Å². The lowest BCUT2D eigenvalue weighted by molar-refractivity contribution is -0.106. The molecule has 0 unspecified atom stereocenters. The van der Waals surface area contributed by atoms with Crippen LogP contribution in [0.1, 0.15) is 0 Å². The summed E-state index contributed by atoms with van der Waals surface area (Å²) in [4.78, 5) is 11.8. The topological polar surface area (TPSA) is 20.1 Å². The number of fused-ring (bicyclic) bond motifs is 1. The highest BCUT2D eigenvalue weighted by Gasteiger charge is 2.26. The summed E-state index contributed by atoms with van der Waals surface area (Å²) in [7, 11) is 0. The maximum Gasteiger partial charge on any atom is 0.218 e. The summed E-state index contributed by atoms with van der Waals surface area (Å²) in [5.74, 6) is 0. The van der Waals surface area contributed by atoms with Crippen molar-refractivity contribution >= 4 is 17.8 Å². The summed E-state index contributed by atoms with van der Waals surface area (Å²) >= 11 is 0. The second-order valence-electron chi connectivity index (χ2n) is 1.96. The minimum atomic E-state index is 0.824. The molecule has 44 valence electrons. The van der Waals surface area contributed by atoms with Crippen LogP contribution in [0.5, 0.6) is 0 Å². The third-order valence-corrected chi connectivity index (χ3v) is 1.46. The highest BCUT2D eigenvalue weighted by Crippen LogP contribution is 2.45. The number of carbonyl (C=O) groups excluding carboxylic acids is 1. The minimum absolute atomic E-state index is 0.824. The minimum Gasteiger partial charge on any atom is -0.279 e. The van der Waals surface area contributed by atoms with Gasteiger partial charge in [0.25, 0.3) is 0 Å². The van der Waals surface area contributed by atoms with Gasteiger partial charge in [-0.25, -0.2) is 0 Å². The van der Waals surface area contributed by atoms with Gasteiger partial charge in [-0.2, -0.15) is 0 Å². The lowest BCUT2D eigenvalue weighted by Crippen LogP contribution is -1.90. The lowest BCUT2D eigenvalue weighted by Gasteiger charge is -1.78. The molecule has 0 atom stereocenters. The summed E-state index contributed by atoms with van der Waals surface area (Å²) in [6.07, 6.45) is 0.824. The van der Waals surface area contributed by atoms with Gasteiger partial charge in [-0.3, -0.25) is 9.69 Å². The summed E-state index contributed by atoms with van der Waals surface area (Å²) in [5.41, 5.74) is 2.07. The van der Waals surface area contributed by atoms with Crippen LogP contribution < -0.4 is 4.90 Å². The first kappa shape index (κ1) is 4.56. The van der Waals surface area contributed by atoms with Crippen LogP contribution in [-0.2, 0) is 4.79 Å². The van der Waals surface area contributed by atoms with Gasteiger partial charge in [-0.1, -0.05) is 12.1 Å². The molecule has 1 aromatic rings. The first-order valence-corrected chi connectivity index (χ1v) is 2.77. The Bertz CT molecular complexity index is 234. The zero-order valence-electron chi connectivity index (χ0n) is 4.74. The van der Waals surface area contributed by atoms with E-state index < -0.39 is 0 Å². The fourth-order valence-corrected chi connectivity index (χ4v) is 0.944. The van der Waals surface area contributed by atoms with Crippen LogP contribution in [-0.4, -0.2) is 6.41 Å². The monoisotopic (exact) mass is 119 g/mol. The third kappa shape index (κ3) is 0.470. The number of anilines is 2. The van der Waals surface area contributed by atoms with E-state index in [-0.39, 0.29) is 0 Å². The molecule has 1 aliphatic heterocycles. The normalized spacial score (nSPS) is 12.7. The van der Waals surface area contributed by atoms with Gasteiger partial charge >= 0.3 is 0 Å². The molecule has 1 heterocycles. The van der Waals surface area contributed by atoms with Crippen LogP contribution in [0, 0.1) is 0 Å². The SMILES string of the molecule is O=CN1c2ccccc21. The average molecular weight is 119 g/mol. The molecule has 0 fully saturated rings. The Morgan fingerprint density at radius 1 is 1.22 bits per heavy atom. The van der Waals surface area contributed by atoms with E-state index in [1.807, 2.05) is 24.3 Å². The quantitative estimate of drug-likeness (QED) is 0.403.